The highest BCUT2D eigenvalue weighted by atomic mass is 35.5. The second kappa shape index (κ2) is 8.47. The van der Waals surface area contributed by atoms with E-state index in [2.05, 4.69) is 0 Å². The molecule has 0 bridgehead atoms. The first-order valence-electron chi connectivity index (χ1n) is 9.23. The van der Waals surface area contributed by atoms with Crippen molar-refractivity contribution in [3.8, 4) is 0 Å². The molecule has 1 aliphatic rings. The lowest BCUT2D eigenvalue weighted by Crippen LogP contribution is -2.48. The molecule has 2 atom stereocenters. The van der Waals surface area contributed by atoms with Gasteiger partial charge in [0.15, 0.2) is 0 Å². The third kappa shape index (κ3) is 4.83. The fourth-order valence-corrected chi connectivity index (χ4v) is 5.61. The lowest BCUT2D eigenvalue weighted by atomic mass is 10.1. The summed E-state index contributed by atoms with van der Waals surface area (Å²) in [6.07, 6.45) is -0.408. The molecule has 1 heterocycles. The van der Waals surface area contributed by atoms with E-state index in [4.69, 9.17) is 16.3 Å². The quantitative estimate of drug-likeness (QED) is 0.737. The van der Waals surface area contributed by atoms with E-state index in [1.165, 1.54) is 16.4 Å². The molecular formula is C19H29ClN2O4S. The summed E-state index contributed by atoms with van der Waals surface area (Å²) in [7, 11) is -3.83. The SMILES string of the molecule is CC1CN(S(=O)(=O)c2cc(C(=O)N(C(C)C)C(C)C)ccc2Cl)CC(C)O1. The van der Waals surface area contributed by atoms with Crippen molar-refractivity contribution >= 4 is 27.5 Å². The molecule has 1 aromatic rings. The maximum absolute atomic E-state index is 13.2. The number of sulfonamides is 1. The Balaban J connectivity index is 2.43. The Bertz CT molecular complexity index is 777. The van der Waals surface area contributed by atoms with E-state index in [1.807, 2.05) is 41.5 Å². The van der Waals surface area contributed by atoms with Gasteiger partial charge in [-0.3, -0.25) is 4.79 Å². The second-order valence-corrected chi connectivity index (χ2v) is 9.94. The first-order chi connectivity index (χ1) is 12.4. The highest BCUT2D eigenvalue weighted by molar-refractivity contribution is 7.89. The van der Waals surface area contributed by atoms with Gasteiger partial charge in [-0.15, -0.1) is 0 Å². The van der Waals surface area contributed by atoms with Crippen LogP contribution in [0.4, 0.5) is 0 Å². The number of amides is 1. The molecule has 1 aromatic carbocycles. The maximum Gasteiger partial charge on any atom is 0.254 e. The maximum atomic E-state index is 13.2. The number of ether oxygens (including phenoxy) is 1. The lowest BCUT2D eigenvalue weighted by molar-refractivity contribution is -0.0440. The Morgan fingerprint density at radius 3 is 2.15 bits per heavy atom. The smallest absolute Gasteiger partial charge is 0.254 e. The zero-order chi connectivity index (χ0) is 20.5. The van der Waals surface area contributed by atoms with Gasteiger partial charge in [-0.2, -0.15) is 4.31 Å². The first kappa shape index (κ1) is 22.1. The molecule has 0 radical (unpaired) electrons. The van der Waals surface area contributed by atoms with Crippen molar-refractivity contribution in [1.82, 2.24) is 9.21 Å². The molecule has 1 aliphatic heterocycles. The van der Waals surface area contributed by atoms with Gasteiger partial charge in [0.1, 0.15) is 4.90 Å². The van der Waals surface area contributed by atoms with Crippen LogP contribution in [0.15, 0.2) is 23.1 Å². The van der Waals surface area contributed by atoms with E-state index < -0.39 is 10.0 Å². The van der Waals surface area contributed by atoms with Gasteiger partial charge in [-0.25, -0.2) is 8.42 Å². The molecule has 152 valence electrons. The van der Waals surface area contributed by atoms with E-state index in [9.17, 15) is 13.2 Å². The average Bonchev–Trinajstić information content (AvgIpc) is 2.53. The van der Waals surface area contributed by atoms with Gasteiger partial charge in [-0.1, -0.05) is 11.6 Å². The number of hydrogen-bond donors (Lipinski definition) is 0. The number of carbonyl (C=O) groups excluding carboxylic acids is 1. The third-order valence-electron chi connectivity index (χ3n) is 4.53. The fourth-order valence-electron chi connectivity index (χ4n) is 3.51. The van der Waals surface area contributed by atoms with Crippen LogP contribution in [0.2, 0.25) is 5.02 Å². The largest absolute Gasteiger partial charge is 0.373 e. The molecule has 1 amide bonds. The standard InChI is InChI=1S/C19H29ClN2O4S/c1-12(2)22(13(3)4)19(23)16-7-8-17(20)18(9-16)27(24,25)21-10-14(5)26-15(6)11-21/h7-9,12-15H,10-11H2,1-6H3. The minimum absolute atomic E-state index is 0.00539. The number of rotatable bonds is 5. The number of halogens is 1. The van der Waals surface area contributed by atoms with Crippen molar-refractivity contribution in [2.24, 2.45) is 0 Å². The minimum atomic E-state index is -3.83. The van der Waals surface area contributed by atoms with Crippen molar-refractivity contribution < 1.29 is 17.9 Å². The molecule has 0 spiro atoms. The van der Waals surface area contributed by atoms with E-state index in [1.54, 1.807) is 11.0 Å². The molecule has 0 aromatic heterocycles. The number of nitrogens with zero attached hydrogens (tertiary/aromatic N) is 2. The Morgan fingerprint density at radius 1 is 1.15 bits per heavy atom. The first-order valence-corrected chi connectivity index (χ1v) is 11.0. The predicted octanol–water partition coefficient (Wildman–Crippen LogP) is 3.40. The molecule has 0 N–H and O–H groups in total. The Morgan fingerprint density at radius 2 is 1.67 bits per heavy atom. The summed E-state index contributed by atoms with van der Waals surface area (Å²) in [5.41, 5.74) is 0.315. The number of benzene rings is 1. The average molecular weight is 417 g/mol. The summed E-state index contributed by atoms with van der Waals surface area (Å²) in [5.74, 6) is -0.211. The Kier molecular flexibility index (Phi) is 6.95. The van der Waals surface area contributed by atoms with Gasteiger partial charge in [0.2, 0.25) is 10.0 Å². The van der Waals surface area contributed by atoms with Crippen molar-refractivity contribution in [1.29, 1.82) is 0 Å². The van der Waals surface area contributed by atoms with Crippen LogP contribution in [-0.4, -0.2) is 60.9 Å². The number of carbonyl (C=O) groups is 1. The van der Waals surface area contributed by atoms with Crippen LogP contribution in [0.5, 0.6) is 0 Å². The van der Waals surface area contributed by atoms with E-state index in [0.717, 1.165) is 0 Å². The molecule has 1 saturated heterocycles. The van der Waals surface area contributed by atoms with Crippen molar-refractivity contribution in [3.05, 3.63) is 28.8 Å². The Hall–Kier alpha value is -1.15. The van der Waals surface area contributed by atoms with Gasteiger partial charge in [0.05, 0.1) is 17.2 Å². The molecule has 27 heavy (non-hydrogen) atoms. The van der Waals surface area contributed by atoms with E-state index in [0.29, 0.717) is 5.56 Å². The monoisotopic (exact) mass is 416 g/mol. The summed E-state index contributed by atoms with van der Waals surface area (Å²) in [6.45, 7) is 11.9. The molecule has 6 nitrogen and oxygen atoms in total. The minimum Gasteiger partial charge on any atom is -0.373 e. The van der Waals surface area contributed by atoms with Crippen LogP contribution < -0.4 is 0 Å². The summed E-state index contributed by atoms with van der Waals surface area (Å²) in [5, 5.41) is 0.110. The number of morpholine rings is 1. The van der Waals surface area contributed by atoms with Crippen LogP contribution >= 0.6 is 11.6 Å². The van der Waals surface area contributed by atoms with Gasteiger partial charge < -0.3 is 9.64 Å². The third-order valence-corrected chi connectivity index (χ3v) is 6.84. The summed E-state index contributed by atoms with van der Waals surface area (Å²) in [4.78, 5) is 14.6. The molecule has 8 heteroatoms. The van der Waals surface area contributed by atoms with E-state index in [-0.39, 0.29) is 53.2 Å². The van der Waals surface area contributed by atoms with Crippen molar-refractivity contribution in [2.75, 3.05) is 13.1 Å². The van der Waals surface area contributed by atoms with Gasteiger partial charge in [-0.05, 0) is 59.7 Å². The molecule has 0 saturated carbocycles. The summed E-state index contributed by atoms with van der Waals surface area (Å²) >= 11 is 6.22. The normalized spacial score (nSPS) is 21.7. The van der Waals surface area contributed by atoms with Gasteiger partial charge >= 0.3 is 0 Å². The second-order valence-electron chi connectivity index (χ2n) is 7.62. The van der Waals surface area contributed by atoms with E-state index >= 15 is 0 Å². The van der Waals surface area contributed by atoms with Crippen LogP contribution in [0.1, 0.15) is 51.9 Å². The molecule has 2 rings (SSSR count). The zero-order valence-electron chi connectivity index (χ0n) is 16.8. The fraction of sp³-hybridized carbons (Fsp3) is 0.632. The summed E-state index contributed by atoms with van der Waals surface area (Å²) < 4.78 is 33.3. The van der Waals surface area contributed by atoms with Crippen molar-refractivity contribution in [2.45, 2.75) is 70.7 Å². The highest BCUT2D eigenvalue weighted by Crippen LogP contribution is 2.29. The zero-order valence-corrected chi connectivity index (χ0v) is 18.3. The topological polar surface area (TPSA) is 66.9 Å². The Labute approximate surface area is 167 Å². The van der Waals surface area contributed by atoms with Crippen LogP contribution in [0.3, 0.4) is 0 Å². The number of hydrogen-bond acceptors (Lipinski definition) is 4. The molecule has 0 aliphatic carbocycles. The van der Waals surface area contributed by atoms with Crippen LogP contribution in [0, 0.1) is 0 Å². The van der Waals surface area contributed by atoms with Gasteiger partial charge in [0.25, 0.3) is 5.91 Å². The highest BCUT2D eigenvalue weighted by Gasteiger charge is 2.34. The summed E-state index contributed by atoms with van der Waals surface area (Å²) in [6, 6.07) is 4.44. The van der Waals surface area contributed by atoms with Crippen LogP contribution in [-0.2, 0) is 14.8 Å². The van der Waals surface area contributed by atoms with Gasteiger partial charge in [0, 0.05) is 30.7 Å². The van der Waals surface area contributed by atoms with Crippen LogP contribution in [0.25, 0.3) is 0 Å². The lowest BCUT2D eigenvalue weighted by Gasteiger charge is -2.34. The predicted molar refractivity (Wildman–Crippen MR) is 107 cm³/mol. The molecule has 1 fully saturated rings. The molecular weight excluding hydrogens is 388 g/mol. The van der Waals surface area contributed by atoms with Crippen molar-refractivity contribution in [3.63, 3.8) is 0 Å². The molecule has 2 unspecified atom stereocenters.